The molecule has 0 radical (unpaired) electrons. The van der Waals surface area contributed by atoms with Crippen LogP contribution in [0, 0.1) is 0 Å². The summed E-state index contributed by atoms with van der Waals surface area (Å²) in [6.45, 7) is 1.09. The van der Waals surface area contributed by atoms with Crippen LogP contribution in [-0.4, -0.2) is 16.3 Å². The molecular formula is C14H16ClN3. The number of nitrogens with zero attached hydrogens (tertiary/aromatic N) is 2. The van der Waals surface area contributed by atoms with E-state index in [1.54, 1.807) is 0 Å². The van der Waals surface area contributed by atoms with E-state index in [9.17, 15) is 0 Å². The zero-order valence-corrected chi connectivity index (χ0v) is 11.1. The largest absolute Gasteiger partial charge is 0.309 e. The molecule has 4 heteroatoms. The maximum atomic E-state index is 5.94. The minimum absolute atomic E-state index is 0.420. The lowest BCUT2D eigenvalue weighted by molar-refractivity contribution is 0.575. The van der Waals surface area contributed by atoms with Gasteiger partial charge in [0.05, 0.1) is 11.9 Å². The first-order valence-corrected chi connectivity index (χ1v) is 6.65. The molecular weight excluding hydrogens is 246 g/mol. The summed E-state index contributed by atoms with van der Waals surface area (Å²) in [7, 11) is 2.01. The monoisotopic (exact) mass is 261 g/mol. The van der Waals surface area contributed by atoms with E-state index in [0.29, 0.717) is 6.04 Å². The number of benzene rings is 1. The molecule has 1 aromatic heterocycles. The topological polar surface area (TPSA) is 29.9 Å². The highest BCUT2D eigenvalue weighted by Crippen LogP contribution is 2.32. The molecule has 18 heavy (non-hydrogen) atoms. The summed E-state index contributed by atoms with van der Waals surface area (Å²) in [6.07, 6.45) is 4.36. The Morgan fingerprint density at radius 2 is 2.11 bits per heavy atom. The van der Waals surface area contributed by atoms with Crippen LogP contribution in [0.25, 0.3) is 11.1 Å². The van der Waals surface area contributed by atoms with Crippen molar-refractivity contribution in [2.75, 3.05) is 6.54 Å². The van der Waals surface area contributed by atoms with Gasteiger partial charge in [-0.2, -0.15) is 5.10 Å². The summed E-state index contributed by atoms with van der Waals surface area (Å²) in [4.78, 5) is 0. The van der Waals surface area contributed by atoms with Crippen molar-refractivity contribution in [1.29, 1.82) is 0 Å². The summed E-state index contributed by atoms with van der Waals surface area (Å²) in [5.74, 6) is 0. The SMILES string of the molecule is Cn1ncc(-c2ccc(Cl)cc2)c1C1CCCN1. The predicted molar refractivity (Wildman–Crippen MR) is 73.6 cm³/mol. The van der Waals surface area contributed by atoms with Gasteiger partial charge in [-0.3, -0.25) is 4.68 Å². The normalized spacial score (nSPS) is 19.3. The lowest BCUT2D eigenvalue weighted by Crippen LogP contribution is -2.17. The summed E-state index contributed by atoms with van der Waals surface area (Å²) in [5.41, 5.74) is 3.65. The Morgan fingerprint density at radius 3 is 2.78 bits per heavy atom. The van der Waals surface area contributed by atoms with Crippen molar-refractivity contribution >= 4 is 11.6 Å². The molecule has 0 amide bonds. The van der Waals surface area contributed by atoms with Crippen molar-refractivity contribution < 1.29 is 0 Å². The molecule has 0 saturated carbocycles. The lowest BCUT2D eigenvalue weighted by Gasteiger charge is -2.13. The van der Waals surface area contributed by atoms with Crippen LogP contribution in [-0.2, 0) is 7.05 Å². The molecule has 94 valence electrons. The first-order valence-electron chi connectivity index (χ1n) is 6.27. The molecule has 1 aromatic carbocycles. The third kappa shape index (κ3) is 2.04. The lowest BCUT2D eigenvalue weighted by atomic mass is 10.0. The van der Waals surface area contributed by atoms with Gasteiger partial charge in [0.15, 0.2) is 0 Å². The molecule has 1 unspecified atom stereocenters. The van der Waals surface area contributed by atoms with Crippen LogP contribution in [0.4, 0.5) is 0 Å². The fourth-order valence-electron chi connectivity index (χ4n) is 2.63. The number of hydrogen-bond acceptors (Lipinski definition) is 2. The Kier molecular flexibility index (Phi) is 3.10. The van der Waals surface area contributed by atoms with Gasteiger partial charge in [-0.05, 0) is 37.1 Å². The van der Waals surface area contributed by atoms with Gasteiger partial charge in [-0.15, -0.1) is 0 Å². The molecule has 0 aliphatic carbocycles. The number of rotatable bonds is 2. The van der Waals surface area contributed by atoms with Gasteiger partial charge in [0.25, 0.3) is 0 Å². The van der Waals surface area contributed by atoms with Gasteiger partial charge in [0, 0.05) is 23.7 Å². The number of nitrogens with one attached hydrogen (secondary N) is 1. The van der Waals surface area contributed by atoms with E-state index in [2.05, 4.69) is 22.5 Å². The van der Waals surface area contributed by atoms with Gasteiger partial charge >= 0.3 is 0 Å². The second-order valence-corrected chi connectivity index (χ2v) is 5.16. The quantitative estimate of drug-likeness (QED) is 0.900. The zero-order chi connectivity index (χ0) is 12.5. The Hall–Kier alpha value is -1.32. The van der Waals surface area contributed by atoms with E-state index in [4.69, 9.17) is 11.6 Å². The van der Waals surface area contributed by atoms with E-state index in [1.807, 2.05) is 30.1 Å². The van der Waals surface area contributed by atoms with Gasteiger partial charge in [-0.25, -0.2) is 0 Å². The summed E-state index contributed by atoms with van der Waals surface area (Å²) in [6, 6.07) is 8.38. The smallest absolute Gasteiger partial charge is 0.0628 e. The predicted octanol–water partition coefficient (Wildman–Crippen LogP) is 3.17. The van der Waals surface area contributed by atoms with Crippen LogP contribution in [0.5, 0.6) is 0 Å². The molecule has 3 rings (SSSR count). The highest BCUT2D eigenvalue weighted by atomic mass is 35.5. The summed E-state index contributed by atoms with van der Waals surface area (Å²) >= 11 is 5.94. The third-order valence-electron chi connectivity index (χ3n) is 3.53. The average molecular weight is 262 g/mol. The van der Waals surface area contributed by atoms with E-state index in [0.717, 1.165) is 11.6 Å². The van der Waals surface area contributed by atoms with Crippen molar-refractivity contribution in [1.82, 2.24) is 15.1 Å². The van der Waals surface area contributed by atoms with E-state index < -0.39 is 0 Å². The molecule has 0 spiro atoms. The van der Waals surface area contributed by atoms with E-state index in [1.165, 1.54) is 29.7 Å². The van der Waals surface area contributed by atoms with Crippen molar-refractivity contribution in [3.05, 3.63) is 41.2 Å². The van der Waals surface area contributed by atoms with Crippen molar-refractivity contribution in [3.8, 4) is 11.1 Å². The number of aromatic nitrogens is 2. The minimum atomic E-state index is 0.420. The first kappa shape index (κ1) is 11.8. The highest BCUT2D eigenvalue weighted by Gasteiger charge is 2.23. The average Bonchev–Trinajstić information content (AvgIpc) is 2.99. The number of hydrogen-bond donors (Lipinski definition) is 1. The molecule has 2 aromatic rings. The Balaban J connectivity index is 2.04. The number of halogens is 1. The fraction of sp³-hybridized carbons (Fsp3) is 0.357. The molecule has 3 nitrogen and oxygen atoms in total. The zero-order valence-electron chi connectivity index (χ0n) is 10.4. The fourth-order valence-corrected chi connectivity index (χ4v) is 2.76. The molecule has 1 fully saturated rings. The van der Waals surface area contributed by atoms with Crippen LogP contribution in [0.3, 0.4) is 0 Å². The number of aryl methyl sites for hydroxylation is 1. The Labute approximate surface area is 112 Å². The van der Waals surface area contributed by atoms with E-state index >= 15 is 0 Å². The summed E-state index contributed by atoms with van der Waals surface area (Å²) < 4.78 is 1.98. The van der Waals surface area contributed by atoms with Crippen LogP contribution in [0.1, 0.15) is 24.6 Å². The first-order chi connectivity index (χ1) is 8.75. The maximum absolute atomic E-state index is 5.94. The van der Waals surface area contributed by atoms with Crippen LogP contribution >= 0.6 is 11.6 Å². The maximum Gasteiger partial charge on any atom is 0.0628 e. The second kappa shape index (κ2) is 4.75. The highest BCUT2D eigenvalue weighted by molar-refractivity contribution is 6.30. The van der Waals surface area contributed by atoms with Crippen molar-refractivity contribution in [2.24, 2.45) is 7.05 Å². The summed E-state index contributed by atoms with van der Waals surface area (Å²) in [5, 5.41) is 8.70. The van der Waals surface area contributed by atoms with Crippen LogP contribution in [0.15, 0.2) is 30.5 Å². The van der Waals surface area contributed by atoms with Crippen LogP contribution < -0.4 is 5.32 Å². The molecule has 1 aliphatic rings. The third-order valence-corrected chi connectivity index (χ3v) is 3.78. The van der Waals surface area contributed by atoms with Gasteiger partial charge in [0.2, 0.25) is 0 Å². The second-order valence-electron chi connectivity index (χ2n) is 4.72. The van der Waals surface area contributed by atoms with Gasteiger partial charge in [-0.1, -0.05) is 23.7 Å². The van der Waals surface area contributed by atoms with Gasteiger partial charge in [0.1, 0.15) is 0 Å². The molecule has 1 aliphatic heterocycles. The standard InChI is InChI=1S/C14H16ClN3/c1-18-14(13-3-2-8-16-13)12(9-17-18)10-4-6-11(15)7-5-10/h4-7,9,13,16H,2-3,8H2,1H3. The Bertz CT molecular complexity index is 539. The minimum Gasteiger partial charge on any atom is -0.309 e. The molecule has 1 atom stereocenters. The molecule has 0 bridgehead atoms. The molecule has 2 heterocycles. The van der Waals surface area contributed by atoms with Gasteiger partial charge < -0.3 is 5.32 Å². The Morgan fingerprint density at radius 1 is 1.33 bits per heavy atom. The molecule has 1 N–H and O–H groups in total. The van der Waals surface area contributed by atoms with Crippen molar-refractivity contribution in [2.45, 2.75) is 18.9 Å². The van der Waals surface area contributed by atoms with Crippen LogP contribution in [0.2, 0.25) is 5.02 Å². The molecule has 1 saturated heterocycles. The van der Waals surface area contributed by atoms with Crippen molar-refractivity contribution in [3.63, 3.8) is 0 Å². The van der Waals surface area contributed by atoms with E-state index in [-0.39, 0.29) is 0 Å².